The van der Waals surface area contributed by atoms with Gasteiger partial charge < -0.3 is 5.11 Å². The molecule has 0 amide bonds. The molecule has 0 saturated heterocycles. The van der Waals surface area contributed by atoms with Crippen LogP contribution in [0, 0.1) is 0 Å². The van der Waals surface area contributed by atoms with E-state index in [0.29, 0.717) is 0 Å². The predicted octanol–water partition coefficient (Wildman–Crippen LogP) is 11.4. The van der Waals surface area contributed by atoms with Gasteiger partial charge in [-0.25, -0.2) is 0 Å². The maximum atomic E-state index is 10.8. The molecular formula is C42H30O. The molecular weight excluding hydrogens is 520 g/mol. The third kappa shape index (κ3) is 5.03. The Kier molecular flexibility index (Phi) is 7.13. The van der Waals surface area contributed by atoms with E-state index in [0.717, 1.165) is 61.2 Å². The lowest BCUT2D eigenvalue weighted by atomic mass is 9.74. The SMILES string of the molecule is Oc1cccc(-c2c(-c3ccccc3)c(-c3ccccc3)c(-c3ccccc3)c(-c3ccccc3)c2-c2ccccc2)c1. The molecule has 0 radical (unpaired) electrons. The highest BCUT2D eigenvalue weighted by Gasteiger charge is 2.28. The topological polar surface area (TPSA) is 20.2 Å². The van der Waals surface area contributed by atoms with Gasteiger partial charge in [-0.2, -0.15) is 0 Å². The summed E-state index contributed by atoms with van der Waals surface area (Å²) in [4.78, 5) is 0. The number of hydrogen-bond donors (Lipinski definition) is 1. The summed E-state index contributed by atoms with van der Waals surface area (Å²) >= 11 is 0. The summed E-state index contributed by atoms with van der Waals surface area (Å²) in [6, 6.07) is 61.1. The zero-order valence-electron chi connectivity index (χ0n) is 23.7. The summed E-state index contributed by atoms with van der Waals surface area (Å²) in [6.45, 7) is 0. The smallest absolute Gasteiger partial charge is 0.116 e. The molecule has 0 saturated carbocycles. The summed E-state index contributed by atoms with van der Waals surface area (Å²) in [7, 11) is 0. The molecule has 0 aliphatic heterocycles. The fourth-order valence-corrected chi connectivity index (χ4v) is 6.17. The lowest BCUT2D eigenvalue weighted by molar-refractivity contribution is 0.475. The second-order valence-electron chi connectivity index (χ2n) is 10.6. The monoisotopic (exact) mass is 550 g/mol. The van der Waals surface area contributed by atoms with Crippen LogP contribution in [0.4, 0.5) is 0 Å². The van der Waals surface area contributed by atoms with Crippen LogP contribution in [0.2, 0.25) is 0 Å². The first-order chi connectivity index (χ1) is 21.3. The molecule has 1 N–H and O–H groups in total. The van der Waals surface area contributed by atoms with Crippen LogP contribution in [0.1, 0.15) is 0 Å². The van der Waals surface area contributed by atoms with Crippen molar-refractivity contribution >= 4 is 0 Å². The van der Waals surface area contributed by atoms with Gasteiger partial charge in [-0.3, -0.25) is 0 Å². The second-order valence-corrected chi connectivity index (χ2v) is 10.6. The van der Waals surface area contributed by atoms with Crippen molar-refractivity contribution in [3.8, 4) is 72.5 Å². The fourth-order valence-electron chi connectivity index (χ4n) is 6.17. The summed E-state index contributed by atoms with van der Waals surface area (Å²) in [6.07, 6.45) is 0. The van der Waals surface area contributed by atoms with Crippen molar-refractivity contribution in [3.63, 3.8) is 0 Å². The van der Waals surface area contributed by atoms with Crippen molar-refractivity contribution in [3.05, 3.63) is 176 Å². The molecule has 0 heterocycles. The maximum absolute atomic E-state index is 10.8. The Morgan fingerprint density at radius 3 is 0.721 bits per heavy atom. The van der Waals surface area contributed by atoms with Crippen LogP contribution >= 0.6 is 0 Å². The average Bonchev–Trinajstić information content (AvgIpc) is 3.09. The van der Waals surface area contributed by atoms with Crippen molar-refractivity contribution in [2.75, 3.05) is 0 Å². The summed E-state index contributed by atoms with van der Waals surface area (Å²) < 4.78 is 0. The van der Waals surface area contributed by atoms with Crippen LogP contribution < -0.4 is 0 Å². The Labute approximate surface area is 253 Å². The van der Waals surface area contributed by atoms with Gasteiger partial charge in [0.05, 0.1) is 0 Å². The van der Waals surface area contributed by atoms with Crippen LogP contribution in [0.5, 0.6) is 5.75 Å². The minimum atomic E-state index is 0.241. The van der Waals surface area contributed by atoms with Gasteiger partial charge in [0.25, 0.3) is 0 Å². The van der Waals surface area contributed by atoms with Crippen molar-refractivity contribution in [1.82, 2.24) is 0 Å². The molecule has 0 bridgehead atoms. The van der Waals surface area contributed by atoms with Crippen LogP contribution in [0.25, 0.3) is 66.8 Å². The van der Waals surface area contributed by atoms with Gasteiger partial charge in [0.15, 0.2) is 0 Å². The van der Waals surface area contributed by atoms with Crippen LogP contribution in [-0.2, 0) is 0 Å². The first kappa shape index (κ1) is 26.3. The van der Waals surface area contributed by atoms with Gasteiger partial charge >= 0.3 is 0 Å². The minimum absolute atomic E-state index is 0.241. The Bertz CT molecular complexity index is 1880. The van der Waals surface area contributed by atoms with E-state index < -0.39 is 0 Å². The van der Waals surface area contributed by atoms with Crippen LogP contribution in [-0.4, -0.2) is 5.11 Å². The third-order valence-corrected chi connectivity index (χ3v) is 7.95. The Hall–Kier alpha value is -5.66. The molecule has 204 valence electrons. The molecule has 1 heteroatoms. The number of rotatable bonds is 6. The highest BCUT2D eigenvalue weighted by molar-refractivity contribution is 6.15. The lowest BCUT2D eigenvalue weighted by Gasteiger charge is -2.28. The molecule has 0 unspecified atom stereocenters. The molecule has 0 aliphatic rings. The molecule has 0 atom stereocenters. The molecule has 0 aliphatic carbocycles. The second kappa shape index (κ2) is 11.7. The normalized spacial score (nSPS) is 10.9. The van der Waals surface area contributed by atoms with Gasteiger partial charge in [0.1, 0.15) is 5.75 Å². The molecule has 43 heavy (non-hydrogen) atoms. The lowest BCUT2D eigenvalue weighted by Crippen LogP contribution is -2.02. The predicted molar refractivity (Wildman–Crippen MR) is 181 cm³/mol. The van der Waals surface area contributed by atoms with Crippen LogP contribution in [0.3, 0.4) is 0 Å². The van der Waals surface area contributed by atoms with E-state index in [1.165, 1.54) is 5.56 Å². The standard InChI is InChI=1S/C42H30O/c43-36-28-16-27-35(29-36)42-40(33-23-12-4-13-24-33)38(31-19-8-2-9-20-31)37(30-17-6-1-7-18-30)39(32-21-10-3-11-22-32)41(42)34-25-14-5-15-26-34/h1-29,43H. The Morgan fingerprint density at radius 2 is 0.465 bits per heavy atom. The highest BCUT2D eigenvalue weighted by atomic mass is 16.3. The molecule has 7 aromatic rings. The first-order valence-corrected chi connectivity index (χ1v) is 14.6. The van der Waals surface area contributed by atoms with Crippen molar-refractivity contribution in [2.45, 2.75) is 0 Å². The van der Waals surface area contributed by atoms with E-state index >= 15 is 0 Å². The molecule has 0 spiro atoms. The molecule has 7 rings (SSSR count). The zero-order valence-corrected chi connectivity index (χ0v) is 23.7. The number of hydrogen-bond acceptors (Lipinski definition) is 1. The van der Waals surface area contributed by atoms with Gasteiger partial charge in [-0.05, 0) is 78.9 Å². The van der Waals surface area contributed by atoms with E-state index in [1.807, 2.05) is 12.1 Å². The minimum Gasteiger partial charge on any atom is -0.508 e. The number of benzene rings is 7. The molecule has 7 aromatic carbocycles. The van der Waals surface area contributed by atoms with Crippen LogP contribution in [0.15, 0.2) is 176 Å². The highest BCUT2D eigenvalue weighted by Crippen LogP contribution is 2.55. The molecule has 1 nitrogen and oxygen atoms in total. The molecule has 0 aromatic heterocycles. The van der Waals surface area contributed by atoms with E-state index in [-0.39, 0.29) is 5.75 Å². The van der Waals surface area contributed by atoms with Crippen molar-refractivity contribution in [1.29, 1.82) is 0 Å². The Balaban J connectivity index is 1.82. The third-order valence-electron chi connectivity index (χ3n) is 7.95. The summed E-state index contributed by atoms with van der Waals surface area (Å²) in [5.41, 5.74) is 13.5. The van der Waals surface area contributed by atoms with Crippen molar-refractivity contribution in [2.24, 2.45) is 0 Å². The summed E-state index contributed by atoms with van der Waals surface area (Å²) in [5, 5.41) is 10.8. The first-order valence-electron chi connectivity index (χ1n) is 14.6. The largest absolute Gasteiger partial charge is 0.508 e. The number of aromatic hydroxyl groups is 1. The quantitative estimate of drug-likeness (QED) is 0.218. The van der Waals surface area contributed by atoms with Gasteiger partial charge in [-0.15, -0.1) is 0 Å². The van der Waals surface area contributed by atoms with Gasteiger partial charge in [-0.1, -0.05) is 164 Å². The van der Waals surface area contributed by atoms with E-state index in [9.17, 15) is 5.11 Å². The molecule has 0 fully saturated rings. The van der Waals surface area contributed by atoms with E-state index in [2.05, 4.69) is 158 Å². The fraction of sp³-hybridized carbons (Fsp3) is 0. The Morgan fingerprint density at radius 1 is 0.233 bits per heavy atom. The summed E-state index contributed by atoms with van der Waals surface area (Å²) in [5.74, 6) is 0.241. The number of phenolic OH excluding ortho intramolecular Hbond substituents is 1. The van der Waals surface area contributed by atoms with Gasteiger partial charge in [0, 0.05) is 0 Å². The van der Waals surface area contributed by atoms with E-state index in [1.54, 1.807) is 6.07 Å². The number of phenols is 1. The maximum Gasteiger partial charge on any atom is 0.116 e. The van der Waals surface area contributed by atoms with Crippen molar-refractivity contribution < 1.29 is 5.11 Å². The average molecular weight is 551 g/mol. The van der Waals surface area contributed by atoms with E-state index in [4.69, 9.17) is 0 Å². The van der Waals surface area contributed by atoms with Gasteiger partial charge in [0.2, 0.25) is 0 Å². The zero-order chi connectivity index (χ0) is 29.0.